The van der Waals surface area contributed by atoms with Gasteiger partial charge in [0.1, 0.15) is 12.4 Å². The van der Waals surface area contributed by atoms with Gasteiger partial charge in [0, 0.05) is 11.3 Å². The second-order valence-corrected chi connectivity index (χ2v) is 4.92. The molecule has 0 amide bonds. The molecule has 0 aromatic rings. The van der Waals surface area contributed by atoms with Gasteiger partial charge in [0.15, 0.2) is 0 Å². The van der Waals surface area contributed by atoms with Gasteiger partial charge in [-0.15, -0.1) is 0 Å². The SMILES string of the molecule is CC1CC(OCC(=O)O)CC(C)(C)C1=O. The minimum atomic E-state index is -0.961. The predicted molar refractivity (Wildman–Crippen MR) is 54.6 cm³/mol. The van der Waals surface area contributed by atoms with E-state index in [1.807, 2.05) is 20.8 Å². The lowest BCUT2D eigenvalue weighted by Crippen LogP contribution is -2.41. The molecule has 0 saturated heterocycles. The first kappa shape index (κ1) is 12.2. The fourth-order valence-electron chi connectivity index (χ4n) is 2.24. The van der Waals surface area contributed by atoms with Crippen molar-refractivity contribution in [2.24, 2.45) is 11.3 Å². The molecular formula is C11H18O4. The molecule has 2 atom stereocenters. The Kier molecular flexibility index (Phi) is 3.50. The zero-order valence-electron chi connectivity index (χ0n) is 9.45. The van der Waals surface area contributed by atoms with E-state index in [1.54, 1.807) is 0 Å². The predicted octanol–water partition coefficient (Wildman–Crippen LogP) is 1.48. The largest absolute Gasteiger partial charge is 0.480 e. The molecule has 1 fully saturated rings. The van der Waals surface area contributed by atoms with Crippen molar-refractivity contribution in [2.75, 3.05) is 6.61 Å². The molecule has 0 aliphatic heterocycles. The fourth-order valence-corrected chi connectivity index (χ4v) is 2.24. The lowest BCUT2D eigenvalue weighted by Gasteiger charge is -2.37. The number of aliphatic carboxylic acids is 1. The van der Waals surface area contributed by atoms with Crippen molar-refractivity contribution in [3.8, 4) is 0 Å². The van der Waals surface area contributed by atoms with E-state index in [1.165, 1.54) is 0 Å². The van der Waals surface area contributed by atoms with Crippen LogP contribution in [-0.2, 0) is 14.3 Å². The Bertz CT molecular complexity index is 270. The third-order valence-electron chi connectivity index (χ3n) is 2.91. The minimum absolute atomic E-state index is 0.0347. The van der Waals surface area contributed by atoms with Gasteiger partial charge >= 0.3 is 5.97 Å². The Morgan fingerprint density at radius 1 is 1.60 bits per heavy atom. The molecule has 1 rings (SSSR count). The van der Waals surface area contributed by atoms with Gasteiger partial charge in [-0.1, -0.05) is 20.8 Å². The Morgan fingerprint density at radius 2 is 2.20 bits per heavy atom. The number of carbonyl (C=O) groups excluding carboxylic acids is 1. The van der Waals surface area contributed by atoms with Crippen LogP contribution in [-0.4, -0.2) is 29.6 Å². The molecular weight excluding hydrogens is 196 g/mol. The summed E-state index contributed by atoms with van der Waals surface area (Å²) in [6, 6.07) is 0. The number of carboxylic acids is 1. The van der Waals surface area contributed by atoms with Gasteiger partial charge in [-0.3, -0.25) is 4.79 Å². The van der Waals surface area contributed by atoms with Crippen LogP contribution in [0.5, 0.6) is 0 Å². The molecule has 4 heteroatoms. The zero-order chi connectivity index (χ0) is 11.6. The first-order chi connectivity index (χ1) is 6.83. The van der Waals surface area contributed by atoms with E-state index in [0.29, 0.717) is 12.8 Å². The number of ketones is 1. The number of carbonyl (C=O) groups is 2. The van der Waals surface area contributed by atoms with Crippen LogP contribution in [0.15, 0.2) is 0 Å². The number of carboxylic acid groups (broad SMARTS) is 1. The summed E-state index contributed by atoms with van der Waals surface area (Å²) in [5, 5.41) is 8.50. The van der Waals surface area contributed by atoms with Crippen LogP contribution in [0.2, 0.25) is 0 Å². The fraction of sp³-hybridized carbons (Fsp3) is 0.818. The number of ether oxygens (including phenoxy) is 1. The van der Waals surface area contributed by atoms with Gasteiger partial charge in [-0.2, -0.15) is 0 Å². The molecule has 1 aliphatic carbocycles. The molecule has 0 bridgehead atoms. The highest BCUT2D eigenvalue weighted by molar-refractivity contribution is 5.86. The lowest BCUT2D eigenvalue weighted by atomic mass is 9.70. The minimum Gasteiger partial charge on any atom is -0.480 e. The summed E-state index contributed by atoms with van der Waals surface area (Å²) >= 11 is 0. The van der Waals surface area contributed by atoms with Gasteiger partial charge < -0.3 is 9.84 Å². The smallest absolute Gasteiger partial charge is 0.329 e. The number of hydrogen-bond acceptors (Lipinski definition) is 3. The van der Waals surface area contributed by atoms with E-state index >= 15 is 0 Å². The highest BCUT2D eigenvalue weighted by Gasteiger charge is 2.40. The summed E-state index contributed by atoms with van der Waals surface area (Å²) in [5.41, 5.74) is -0.388. The molecule has 1 saturated carbocycles. The summed E-state index contributed by atoms with van der Waals surface area (Å²) < 4.78 is 5.25. The first-order valence-electron chi connectivity index (χ1n) is 5.20. The summed E-state index contributed by atoms with van der Waals surface area (Å²) in [5.74, 6) is -0.748. The molecule has 0 aromatic heterocycles. The molecule has 1 N–H and O–H groups in total. The van der Waals surface area contributed by atoms with Crippen molar-refractivity contribution in [1.29, 1.82) is 0 Å². The number of rotatable bonds is 3. The second kappa shape index (κ2) is 4.31. The average molecular weight is 214 g/mol. The molecule has 15 heavy (non-hydrogen) atoms. The van der Waals surface area contributed by atoms with Crippen LogP contribution in [0.25, 0.3) is 0 Å². The Balaban J connectivity index is 2.56. The van der Waals surface area contributed by atoms with Crippen LogP contribution in [0, 0.1) is 11.3 Å². The summed E-state index contributed by atoms with van der Waals surface area (Å²) in [6.45, 7) is 5.38. The van der Waals surface area contributed by atoms with Gasteiger partial charge in [-0.05, 0) is 12.8 Å². The first-order valence-corrected chi connectivity index (χ1v) is 5.20. The maximum absolute atomic E-state index is 11.8. The van der Waals surface area contributed by atoms with Crippen molar-refractivity contribution in [1.82, 2.24) is 0 Å². The highest BCUT2D eigenvalue weighted by atomic mass is 16.5. The second-order valence-electron chi connectivity index (χ2n) is 4.92. The van der Waals surface area contributed by atoms with Crippen molar-refractivity contribution in [2.45, 2.75) is 39.7 Å². The third kappa shape index (κ3) is 3.02. The Hall–Kier alpha value is -0.900. The van der Waals surface area contributed by atoms with E-state index in [4.69, 9.17) is 9.84 Å². The normalized spacial score (nSPS) is 30.2. The summed E-state index contributed by atoms with van der Waals surface area (Å²) in [4.78, 5) is 22.1. The topological polar surface area (TPSA) is 63.6 Å². The van der Waals surface area contributed by atoms with Crippen molar-refractivity contribution in [3.05, 3.63) is 0 Å². The van der Waals surface area contributed by atoms with Gasteiger partial charge in [0.05, 0.1) is 6.10 Å². The van der Waals surface area contributed by atoms with Crippen molar-refractivity contribution < 1.29 is 19.4 Å². The van der Waals surface area contributed by atoms with Gasteiger partial charge in [-0.25, -0.2) is 4.79 Å². The average Bonchev–Trinajstić information content (AvgIpc) is 2.10. The number of Topliss-reactive ketones (excluding diaryl/α,β-unsaturated/α-hetero) is 1. The molecule has 0 heterocycles. The van der Waals surface area contributed by atoms with Crippen molar-refractivity contribution in [3.63, 3.8) is 0 Å². The Morgan fingerprint density at radius 3 is 2.67 bits per heavy atom. The highest BCUT2D eigenvalue weighted by Crippen LogP contribution is 2.36. The summed E-state index contributed by atoms with van der Waals surface area (Å²) in [6.07, 6.45) is 1.14. The molecule has 4 nitrogen and oxygen atoms in total. The van der Waals surface area contributed by atoms with E-state index in [0.717, 1.165) is 0 Å². The van der Waals surface area contributed by atoms with E-state index < -0.39 is 5.97 Å². The van der Waals surface area contributed by atoms with Crippen molar-refractivity contribution >= 4 is 11.8 Å². The van der Waals surface area contributed by atoms with Crippen LogP contribution in [0.3, 0.4) is 0 Å². The molecule has 86 valence electrons. The van der Waals surface area contributed by atoms with Crippen LogP contribution >= 0.6 is 0 Å². The quantitative estimate of drug-likeness (QED) is 0.773. The van der Waals surface area contributed by atoms with Crippen LogP contribution in [0.1, 0.15) is 33.6 Å². The third-order valence-corrected chi connectivity index (χ3v) is 2.91. The Labute approximate surface area is 89.6 Å². The molecule has 0 spiro atoms. The van der Waals surface area contributed by atoms with Crippen LogP contribution in [0.4, 0.5) is 0 Å². The maximum atomic E-state index is 11.8. The van der Waals surface area contributed by atoms with E-state index in [-0.39, 0.29) is 29.8 Å². The standard InChI is InChI=1S/C11H18O4/c1-7-4-8(15-6-9(12)13)5-11(2,3)10(7)14/h7-8H,4-6H2,1-3H3,(H,12,13). The zero-order valence-corrected chi connectivity index (χ0v) is 9.45. The lowest BCUT2D eigenvalue weighted by molar-refractivity contribution is -0.149. The summed E-state index contributed by atoms with van der Waals surface area (Å²) in [7, 11) is 0. The van der Waals surface area contributed by atoms with Gasteiger partial charge in [0.25, 0.3) is 0 Å². The number of hydrogen-bond donors (Lipinski definition) is 1. The molecule has 0 aromatic carbocycles. The van der Waals surface area contributed by atoms with E-state index in [9.17, 15) is 9.59 Å². The van der Waals surface area contributed by atoms with E-state index in [2.05, 4.69) is 0 Å². The molecule has 1 aliphatic rings. The molecule has 0 radical (unpaired) electrons. The van der Waals surface area contributed by atoms with Crippen LogP contribution < -0.4 is 0 Å². The van der Waals surface area contributed by atoms with Gasteiger partial charge in [0.2, 0.25) is 0 Å². The monoisotopic (exact) mass is 214 g/mol. The maximum Gasteiger partial charge on any atom is 0.329 e. The molecule has 2 unspecified atom stereocenters.